The van der Waals surface area contributed by atoms with Gasteiger partial charge in [0.15, 0.2) is 0 Å². The fourth-order valence-electron chi connectivity index (χ4n) is 4.90. The maximum Gasteiger partial charge on any atom is -0.147 e. The van der Waals surface area contributed by atoms with Crippen LogP contribution in [0.15, 0.2) is 0 Å². The van der Waals surface area contributed by atoms with Crippen molar-refractivity contribution in [1.29, 1.82) is 0 Å². The van der Waals surface area contributed by atoms with Gasteiger partial charge in [0.2, 0.25) is 0 Å². The Morgan fingerprint density at radius 2 is 0.677 bits per heavy atom. The number of unbranched alkanes of at least 4 members (excludes halogenated alkanes) is 16. The van der Waals surface area contributed by atoms with Crippen molar-refractivity contribution in [1.82, 2.24) is 5.09 Å². The third-order valence-corrected chi connectivity index (χ3v) is 12.0. The van der Waals surface area contributed by atoms with Crippen LogP contribution in [0.25, 0.3) is 0 Å². The summed E-state index contributed by atoms with van der Waals surface area (Å²) in [5.74, 6) is 0. The summed E-state index contributed by atoms with van der Waals surface area (Å²) in [6.45, 7) is 10.6. The third-order valence-electron chi connectivity index (χ3n) is 7.06. The second-order valence-corrected chi connectivity index (χ2v) is 14.5. The zero-order chi connectivity index (χ0) is 22.2. The Morgan fingerprint density at radius 1 is 0.387 bits per heavy atom. The van der Waals surface area contributed by atoms with Crippen LogP contribution in [-0.2, 0) is 0 Å². The molecule has 3 heteroatoms. The minimum Gasteiger partial charge on any atom is -0.147 e. The fraction of sp³-hybridized carbons (Fsp3) is 1.00. The minimum atomic E-state index is -1.29. The van der Waals surface area contributed by atoms with Gasteiger partial charge in [-0.1, -0.05) is 0 Å². The van der Waals surface area contributed by atoms with Gasteiger partial charge in [0.25, 0.3) is 0 Å². The minimum absolute atomic E-state index is 0. The van der Waals surface area contributed by atoms with Crippen LogP contribution in [0.4, 0.5) is 0 Å². The van der Waals surface area contributed by atoms with Gasteiger partial charge < -0.3 is 0 Å². The average molecular weight is 480 g/mol. The predicted molar refractivity (Wildman–Crippen MR) is 153 cm³/mol. The van der Waals surface area contributed by atoms with Gasteiger partial charge in [-0.05, 0) is 0 Å². The molecule has 0 rings (SSSR count). The van der Waals surface area contributed by atoms with E-state index in [9.17, 15) is 0 Å². The number of hydrogen-bond donors (Lipinski definition) is 1. The van der Waals surface area contributed by atoms with Crippen molar-refractivity contribution in [3.63, 3.8) is 0 Å². The maximum absolute atomic E-state index is 4.28. The summed E-state index contributed by atoms with van der Waals surface area (Å²) in [5.41, 5.74) is 0. The van der Waals surface area contributed by atoms with E-state index in [1.165, 1.54) is 135 Å². The molecule has 0 amide bonds. The summed E-state index contributed by atoms with van der Waals surface area (Å²) in [7, 11) is -1.29. The van der Waals surface area contributed by atoms with E-state index in [2.05, 4.69) is 32.8 Å². The number of hydrogen-bond acceptors (Lipinski definition) is 1. The molecule has 0 fully saturated rings. The molecule has 0 saturated heterocycles. The zero-order valence-corrected chi connectivity index (χ0v) is 24.2. The second kappa shape index (κ2) is 26.9. The first kappa shape index (κ1) is 33.9. The Bertz CT molecular complexity index is 283. The molecule has 0 heterocycles. The first-order chi connectivity index (χ1) is 14.7. The summed E-state index contributed by atoms with van der Waals surface area (Å²) in [6.07, 6.45) is 33.6. The molecule has 192 valence electrons. The van der Waals surface area contributed by atoms with Gasteiger partial charge in [-0.3, -0.25) is 0 Å². The maximum atomic E-state index is 4.28. The van der Waals surface area contributed by atoms with Crippen LogP contribution >= 0.6 is 19.8 Å². The van der Waals surface area contributed by atoms with Crippen molar-refractivity contribution >= 4 is 19.8 Å². The van der Waals surface area contributed by atoms with Gasteiger partial charge in [0, 0.05) is 0 Å². The van der Waals surface area contributed by atoms with Crippen LogP contribution < -0.4 is 5.09 Å². The fourth-order valence-corrected chi connectivity index (χ4v) is 9.67. The summed E-state index contributed by atoms with van der Waals surface area (Å²) in [5, 5.41) is 4.28. The molecule has 31 heavy (non-hydrogen) atoms. The van der Waals surface area contributed by atoms with E-state index in [-0.39, 0.29) is 12.4 Å². The van der Waals surface area contributed by atoms with E-state index in [0.717, 1.165) is 0 Å². The van der Waals surface area contributed by atoms with Gasteiger partial charge in [-0.2, -0.15) is 0 Å². The third kappa shape index (κ3) is 22.2. The molecular weight excluding hydrogens is 417 g/mol. The summed E-state index contributed by atoms with van der Waals surface area (Å²) in [6, 6.07) is 0. The molecule has 1 N–H and O–H groups in total. The molecule has 0 spiro atoms. The van der Waals surface area contributed by atoms with E-state index < -0.39 is 7.41 Å². The monoisotopic (exact) mass is 479 g/mol. The molecule has 0 aliphatic carbocycles. The SMILES string of the molecule is CCCCCCCC[PH](CCCCCCCC)(CCCCCCCC)NCCCC.Cl. The van der Waals surface area contributed by atoms with Crippen molar-refractivity contribution in [2.75, 3.05) is 25.0 Å². The Hall–Kier alpha value is 0.680. The molecule has 0 saturated carbocycles. The van der Waals surface area contributed by atoms with Crippen molar-refractivity contribution in [3.05, 3.63) is 0 Å². The van der Waals surface area contributed by atoms with E-state index in [0.29, 0.717) is 0 Å². The molecule has 0 aromatic carbocycles. The molecule has 0 aliphatic heterocycles. The van der Waals surface area contributed by atoms with Gasteiger partial charge in [0.05, 0.1) is 0 Å². The van der Waals surface area contributed by atoms with Gasteiger partial charge in [0.1, 0.15) is 0 Å². The Balaban J connectivity index is 0. The van der Waals surface area contributed by atoms with Crippen molar-refractivity contribution in [2.24, 2.45) is 0 Å². The second-order valence-electron chi connectivity index (χ2n) is 10.1. The largest absolute Gasteiger partial charge is 0.147 e. The predicted octanol–water partition coefficient (Wildman–Crippen LogP) is 10.5. The molecule has 0 atom stereocenters. The summed E-state index contributed by atoms with van der Waals surface area (Å²) >= 11 is 0. The van der Waals surface area contributed by atoms with Gasteiger partial charge in [-0.15, -0.1) is 12.4 Å². The van der Waals surface area contributed by atoms with Crippen LogP contribution in [-0.4, -0.2) is 25.0 Å². The molecular formula is C28H63ClNP. The van der Waals surface area contributed by atoms with E-state index in [4.69, 9.17) is 0 Å². The smallest absolute Gasteiger partial charge is 0.147 e. The van der Waals surface area contributed by atoms with E-state index >= 15 is 0 Å². The molecule has 0 unspecified atom stereocenters. The number of nitrogens with one attached hydrogen (secondary N) is 1. The Labute approximate surface area is 205 Å². The Morgan fingerprint density at radius 3 is 1.00 bits per heavy atom. The first-order valence-corrected chi connectivity index (χ1v) is 17.1. The number of halogens is 1. The standard InChI is InChI=1S/C28H62NP.ClH/c1-5-9-13-16-19-22-26-30(29-25-12-8-4,27-23-20-17-14-10-6-2)28-24-21-18-15-11-7-3;/h29-30H,5-28H2,1-4H3;1H. The van der Waals surface area contributed by atoms with Crippen molar-refractivity contribution in [3.8, 4) is 0 Å². The summed E-state index contributed by atoms with van der Waals surface area (Å²) < 4.78 is 0. The zero-order valence-electron chi connectivity index (χ0n) is 22.4. The van der Waals surface area contributed by atoms with Crippen LogP contribution in [0.1, 0.15) is 156 Å². The van der Waals surface area contributed by atoms with Crippen LogP contribution in [0.5, 0.6) is 0 Å². The quantitative estimate of drug-likeness (QED) is 0.101. The first-order valence-electron chi connectivity index (χ1n) is 14.5. The van der Waals surface area contributed by atoms with E-state index in [1.54, 1.807) is 18.5 Å². The van der Waals surface area contributed by atoms with Crippen LogP contribution in [0, 0.1) is 0 Å². The molecule has 0 radical (unpaired) electrons. The van der Waals surface area contributed by atoms with Gasteiger partial charge >= 0.3 is 194 Å². The van der Waals surface area contributed by atoms with Crippen LogP contribution in [0.2, 0.25) is 0 Å². The topological polar surface area (TPSA) is 12.0 Å². The number of rotatable bonds is 25. The molecule has 1 nitrogen and oxygen atoms in total. The van der Waals surface area contributed by atoms with Crippen molar-refractivity contribution in [2.45, 2.75) is 156 Å². The molecule has 0 aromatic rings. The normalized spacial score (nSPS) is 12.1. The molecule has 0 aliphatic rings. The van der Waals surface area contributed by atoms with Crippen molar-refractivity contribution < 1.29 is 0 Å². The van der Waals surface area contributed by atoms with Gasteiger partial charge in [-0.25, -0.2) is 0 Å². The average Bonchev–Trinajstić information content (AvgIpc) is 2.75. The molecule has 0 bridgehead atoms. The summed E-state index contributed by atoms with van der Waals surface area (Å²) in [4.78, 5) is 0. The van der Waals surface area contributed by atoms with Crippen LogP contribution in [0.3, 0.4) is 0 Å². The molecule has 0 aromatic heterocycles. The Kier molecular flexibility index (Phi) is 29.4. The van der Waals surface area contributed by atoms with E-state index in [1.807, 2.05) is 0 Å².